The first-order valence-electron chi connectivity index (χ1n) is 4.91. The highest BCUT2D eigenvalue weighted by atomic mass is 79.9. The molecular weight excluding hydrogens is 305 g/mol. The van der Waals surface area contributed by atoms with Crippen LogP contribution in [0.4, 0.5) is 10.2 Å². The van der Waals surface area contributed by atoms with Gasteiger partial charge in [0.2, 0.25) is 0 Å². The number of esters is 1. The van der Waals surface area contributed by atoms with Gasteiger partial charge in [-0.15, -0.1) is 0 Å². The molecule has 0 unspecified atom stereocenters. The highest BCUT2D eigenvalue weighted by molar-refractivity contribution is 9.10. The highest BCUT2D eigenvalue weighted by Crippen LogP contribution is 2.22. The normalized spacial score (nSPS) is 10.4. The molecule has 2 N–H and O–H groups in total. The van der Waals surface area contributed by atoms with Crippen molar-refractivity contribution in [2.75, 3.05) is 12.8 Å². The Kier molecular flexibility index (Phi) is 3.33. The number of imidazole rings is 1. The summed E-state index contributed by atoms with van der Waals surface area (Å²) >= 11 is 3.16. The number of carbonyl (C=O) groups excluding carboxylic acids is 1. The summed E-state index contributed by atoms with van der Waals surface area (Å²) in [6.45, 7) is 0. The molecule has 0 atom stereocenters. The predicted octanol–water partition coefficient (Wildman–Crippen LogP) is 2.14. The Labute approximate surface area is 111 Å². The van der Waals surface area contributed by atoms with Crippen LogP contribution >= 0.6 is 15.9 Å². The van der Waals surface area contributed by atoms with Crippen LogP contribution < -0.4 is 5.73 Å². The molecule has 0 aliphatic heterocycles. The van der Waals surface area contributed by atoms with E-state index in [0.717, 1.165) is 0 Å². The van der Waals surface area contributed by atoms with Gasteiger partial charge >= 0.3 is 5.97 Å². The number of ether oxygens (including phenoxy) is 1. The van der Waals surface area contributed by atoms with Crippen molar-refractivity contribution < 1.29 is 13.9 Å². The summed E-state index contributed by atoms with van der Waals surface area (Å²) in [5, 5.41) is 0. The second kappa shape index (κ2) is 4.77. The number of anilines is 1. The number of aromatic nitrogens is 2. The average Bonchev–Trinajstić information content (AvgIpc) is 2.70. The van der Waals surface area contributed by atoms with Crippen LogP contribution in [0.5, 0.6) is 0 Å². The van der Waals surface area contributed by atoms with E-state index in [-0.39, 0.29) is 17.2 Å². The molecule has 2 aromatic rings. The topological polar surface area (TPSA) is 70.1 Å². The van der Waals surface area contributed by atoms with Gasteiger partial charge in [0, 0.05) is 4.47 Å². The summed E-state index contributed by atoms with van der Waals surface area (Å²) in [6.07, 6.45) is 1.27. The van der Waals surface area contributed by atoms with E-state index in [0.29, 0.717) is 4.47 Å². The smallest absolute Gasteiger partial charge is 0.360 e. The largest absolute Gasteiger partial charge is 0.464 e. The third-order valence-electron chi connectivity index (χ3n) is 2.35. The molecule has 0 aliphatic carbocycles. The van der Waals surface area contributed by atoms with Crippen molar-refractivity contribution in [3.05, 3.63) is 40.5 Å². The second-order valence-electron chi connectivity index (χ2n) is 3.44. The SMILES string of the molecule is COC(=O)c1ncn(-c2ccc(Br)cc2F)c1N. The number of rotatable bonds is 2. The van der Waals surface area contributed by atoms with E-state index in [4.69, 9.17) is 5.73 Å². The van der Waals surface area contributed by atoms with E-state index >= 15 is 0 Å². The van der Waals surface area contributed by atoms with Crippen LogP contribution in [-0.4, -0.2) is 22.6 Å². The Morgan fingerprint density at radius 1 is 1.56 bits per heavy atom. The lowest BCUT2D eigenvalue weighted by Gasteiger charge is -2.06. The number of methoxy groups -OCH3 is 1. The number of nitrogen functional groups attached to an aromatic ring is 1. The lowest BCUT2D eigenvalue weighted by atomic mass is 10.3. The van der Waals surface area contributed by atoms with Crippen LogP contribution in [0.15, 0.2) is 29.0 Å². The van der Waals surface area contributed by atoms with Gasteiger partial charge in [-0.3, -0.25) is 4.57 Å². The molecule has 0 bridgehead atoms. The zero-order valence-corrected chi connectivity index (χ0v) is 10.9. The van der Waals surface area contributed by atoms with Gasteiger partial charge in [0.1, 0.15) is 18.0 Å². The maximum absolute atomic E-state index is 13.8. The molecule has 1 aromatic carbocycles. The van der Waals surface area contributed by atoms with Crippen molar-refractivity contribution in [1.29, 1.82) is 0 Å². The Bertz CT molecular complexity index is 612. The summed E-state index contributed by atoms with van der Waals surface area (Å²) in [4.78, 5) is 15.2. The summed E-state index contributed by atoms with van der Waals surface area (Å²) in [6, 6.07) is 4.49. The fourth-order valence-electron chi connectivity index (χ4n) is 1.48. The van der Waals surface area contributed by atoms with Crippen LogP contribution in [0.25, 0.3) is 5.69 Å². The van der Waals surface area contributed by atoms with Gasteiger partial charge < -0.3 is 10.5 Å². The fraction of sp³-hybridized carbons (Fsp3) is 0.0909. The van der Waals surface area contributed by atoms with Crippen molar-refractivity contribution in [3.8, 4) is 5.69 Å². The number of carbonyl (C=O) groups is 1. The number of halogens is 2. The fourth-order valence-corrected chi connectivity index (χ4v) is 1.81. The van der Waals surface area contributed by atoms with Gasteiger partial charge in [-0.25, -0.2) is 14.2 Å². The Morgan fingerprint density at radius 2 is 2.28 bits per heavy atom. The van der Waals surface area contributed by atoms with Crippen LogP contribution in [0.1, 0.15) is 10.5 Å². The summed E-state index contributed by atoms with van der Waals surface area (Å²) < 4.78 is 20.2. The molecule has 94 valence electrons. The summed E-state index contributed by atoms with van der Waals surface area (Å²) in [5.74, 6) is -1.11. The van der Waals surface area contributed by atoms with Gasteiger partial charge in [0.25, 0.3) is 0 Å². The maximum Gasteiger partial charge on any atom is 0.360 e. The molecule has 1 heterocycles. The monoisotopic (exact) mass is 313 g/mol. The number of hydrogen-bond acceptors (Lipinski definition) is 4. The Hall–Kier alpha value is -1.89. The van der Waals surface area contributed by atoms with Crippen LogP contribution in [0.2, 0.25) is 0 Å². The van der Waals surface area contributed by atoms with Crippen molar-refractivity contribution in [3.63, 3.8) is 0 Å². The number of nitrogens with zero attached hydrogens (tertiary/aromatic N) is 2. The molecule has 0 saturated heterocycles. The van der Waals surface area contributed by atoms with E-state index < -0.39 is 11.8 Å². The van der Waals surface area contributed by atoms with Crippen molar-refractivity contribution in [2.24, 2.45) is 0 Å². The van der Waals surface area contributed by atoms with Crippen molar-refractivity contribution in [2.45, 2.75) is 0 Å². The van der Waals surface area contributed by atoms with E-state index in [2.05, 4.69) is 25.7 Å². The minimum atomic E-state index is -0.663. The lowest BCUT2D eigenvalue weighted by Crippen LogP contribution is -2.08. The van der Waals surface area contributed by atoms with Gasteiger partial charge in [-0.2, -0.15) is 0 Å². The van der Waals surface area contributed by atoms with Gasteiger partial charge in [-0.05, 0) is 18.2 Å². The summed E-state index contributed by atoms with van der Waals surface area (Å²) in [5.41, 5.74) is 5.90. The molecule has 0 spiro atoms. The third kappa shape index (κ3) is 2.08. The molecule has 5 nitrogen and oxygen atoms in total. The molecule has 0 radical (unpaired) electrons. The van der Waals surface area contributed by atoms with Gasteiger partial charge in [0.05, 0.1) is 12.8 Å². The Balaban J connectivity index is 2.52. The third-order valence-corrected chi connectivity index (χ3v) is 2.85. The second-order valence-corrected chi connectivity index (χ2v) is 4.35. The van der Waals surface area contributed by atoms with Gasteiger partial charge in [0.15, 0.2) is 5.69 Å². The minimum Gasteiger partial charge on any atom is -0.464 e. The average molecular weight is 314 g/mol. The molecular formula is C11H9BrFN3O2. The molecule has 0 aliphatic rings. The first-order valence-corrected chi connectivity index (χ1v) is 5.70. The number of benzene rings is 1. The van der Waals surface area contributed by atoms with Gasteiger partial charge in [-0.1, -0.05) is 15.9 Å². The molecule has 1 aromatic heterocycles. The summed E-state index contributed by atoms with van der Waals surface area (Å²) in [7, 11) is 1.22. The Morgan fingerprint density at radius 3 is 2.89 bits per heavy atom. The molecule has 0 saturated carbocycles. The minimum absolute atomic E-state index is 0.0306. The number of hydrogen-bond donors (Lipinski definition) is 1. The highest BCUT2D eigenvalue weighted by Gasteiger charge is 2.18. The molecule has 7 heteroatoms. The zero-order valence-electron chi connectivity index (χ0n) is 9.35. The van der Waals surface area contributed by atoms with Crippen LogP contribution in [0.3, 0.4) is 0 Å². The zero-order chi connectivity index (χ0) is 13.3. The molecule has 18 heavy (non-hydrogen) atoms. The van der Waals surface area contributed by atoms with E-state index in [1.165, 1.54) is 30.1 Å². The van der Waals surface area contributed by atoms with Crippen LogP contribution in [-0.2, 0) is 4.74 Å². The molecule has 0 fully saturated rings. The first-order chi connectivity index (χ1) is 8.54. The van der Waals surface area contributed by atoms with E-state index in [1.54, 1.807) is 6.07 Å². The van der Waals surface area contributed by atoms with E-state index in [1.807, 2.05) is 0 Å². The predicted molar refractivity (Wildman–Crippen MR) is 67.0 cm³/mol. The first kappa shape index (κ1) is 12.6. The van der Waals surface area contributed by atoms with Crippen molar-refractivity contribution in [1.82, 2.24) is 9.55 Å². The number of nitrogens with two attached hydrogens (primary N) is 1. The van der Waals surface area contributed by atoms with Crippen molar-refractivity contribution >= 4 is 27.7 Å². The van der Waals surface area contributed by atoms with E-state index in [9.17, 15) is 9.18 Å². The quantitative estimate of drug-likeness (QED) is 0.862. The van der Waals surface area contributed by atoms with Crippen LogP contribution in [0, 0.1) is 5.82 Å². The standard InChI is InChI=1S/C11H9BrFN3O2/c1-18-11(17)9-10(14)16(5-15-9)8-3-2-6(12)4-7(8)13/h2-5H,14H2,1H3. The molecule has 0 amide bonds. The molecule has 2 rings (SSSR count). The maximum atomic E-state index is 13.8. The lowest BCUT2D eigenvalue weighted by molar-refractivity contribution is 0.0596.